The molecule has 0 saturated carbocycles. The number of anilines is 1. The molecule has 6 nitrogen and oxygen atoms in total. The van der Waals surface area contributed by atoms with Gasteiger partial charge in [0.05, 0.1) is 16.8 Å². The van der Waals surface area contributed by atoms with E-state index in [-0.39, 0.29) is 28.1 Å². The van der Waals surface area contributed by atoms with Crippen molar-refractivity contribution < 1.29 is 28.6 Å². The number of ether oxygens (including phenoxy) is 2. The molecule has 0 heterocycles. The van der Waals surface area contributed by atoms with Crippen LogP contribution < -0.4 is 10.1 Å². The van der Waals surface area contributed by atoms with Gasteiger partial charge in [0.1, 0.15) is 11.6 Å². The zero-order chi connectivity index (χ0) is 18.4. The molecule has 0 fully saturated rings. The second-order valence-corrected chi connectivity index (χ2v) is 5.60. The third kappa shape index (κ3) is 5.42. The summed E-state index contributed by atoms with van der Waals surface area (Å²) in [5.74, 6) is -2.00. The molecule has 132 valence electrons. The number of carbonyl (C=O) groups excluding carboxylic acids is 1. The van der Waals surface area contributed by atoms with Crippen molar-refractivity contribution in [2.45, 2.75) is 39.4 Å². The Hall–Kier alpha value is -2.28. The highest BCUT2D eigenvalue weighted by Crippen LogP contribution is 2.31. The average Bonchev–Trinajstić information content (AvgIpc) is 2.48. The van der Waals surface area contributed by atoms with Crippen molar-refractivity contribution in [3.8, 4) is 5.75 Å². The first-order chi connectivity index (χ1) is 11.1. The van der Waals surface area contributed by atoms with Crippen LogP contribution in [0.3, 0.4) is 0 Å². The fraction of sp³-hybridized carbons (Fsp3) is 0.375. The Morgan fingerprint density at radius 3 is 2.54 bits per heavy atom. The van der Waals surface area contributed by atoms with Crippen LogP contribution in [-0.4, -0.2) is 29.4 Å². The minimum Gasteiger partial charge on any atom is -0.489 e. The molecule has 0 bridgehead atoms. The predicted molar refractivity (Wildman–Crippen MR) is 88.1 cm³/mol. The van der Waals surface area contributed by atoms with Crippen LogP contribution in [0, 0.1) is 5.82 Å². The van der Waals surface area contributed by atoms with Crippen LogP contribution in [0.5, 0.6) is 5.75 Å². The van der Waals surface area contributed by atoms with Crippen LogP contribution in [0.25, 0.3) is 0 Å². The largest absolute Gasteiger partial charge is 0.489 e. The summed E-state index contributed by atoms with van der Waals surface area (Å²) in [6.45, 7) is 8.73. The molecule has 0 aliphatic heterocycles. The minimum atomic E-state index is -1.52. The summed E-state index contributed by atoms with van der Waals surface area (Å²) in [4.78, 5) is 22.9. The Balaban J connectivity index is 2.93. The summed E-state index contributed by atoms with van der Waals surface area (Å²) >= 11 is 5.87. The molecule has 0 aliphatic carbocycles. The molecule has 1 rings (SSSR count). The van der Waals surface area contributed by atoms with Gasteiger partial charge < -0.3 is 14.6 Å². The maximum absolute atomic E-state index is 13.9. The number of benzene rings is 1. The quantitative estimate of drug-likeness (QED) is 0.711. The van der Waals surface area contributed by atoms with Gasteiger partial charge in [-0.05, 0) is 31.9 Å². The van der Waals surface area contributed by atoms with E-state index >= 15 is 0 Å². The summed E-state index contributed by atoms with van der Waals surface area (Å²) < 4.78 is 24.1. The number of hydrogen-bond acceptors (Lipinski definition) is 4. The van der Waals surface area contributed by atoms with Crippen LogP contribution in [0.2, 0.25) is 5.02 Å². The third-order valence-electron chi connectivity index (χ3n) is 2.90. The maximum atomic E-state index is 13.9. The van der Waals surface area contributed by atoms with Crippen LogP contribution >= 0.6 is 11.6 Å². The summed E-state index contributed by atoms with van der Waals surface area (Å²) in [6.07, 6.45) is -2.55. The number of carboxylic acid groups (broad SMARTS) is 1. The van der Waals surface area contributed by atoms with E-state index in [1.807, 2.05) is 0 Å². The molecule has 1 unspecified atom stereocenters. The first kappa shape index (κ1) is 19.8. The second kappa shape index (κ2) is 8.54. The van der Waals surface area contributed by atoms with Gasteiger partial charge in [-0.3, -0.25) is 5.32 Å². The van der Waals surface area contributed by atoms with Gasteiger partial charge in [-0.1, -0.05) is 25.1 Å². The normalized spacial score (nSPS) is 11.8. The van der Waals surface area contributed by atoms with E-state index in [2.05, 4.69) is 11.9 Å². The van der Waals surface area contributed by atoms with E-state index in [0.29, 0.717) is 6.42 Å². The second-order valence-electron chi connectivity index (χ2n) is 5.19. The molecule has 1 aromatic rings. The lowest BCUT2D eigenvalue weighted by Crippen LogP contribution is -2.30. The average molecular weight is 360 g/mol. The van der Waals surface area contributed by atoms with Crippen molar-refractivity contribution in [2.24, 2.45) is 0 Å². The first-order valence-electron chi connectivity index (χ1n) is 7.19. The van der Waals surface area contributed by atoms with Gasteiger partial charge in [0.2, 0.25) is 6.10 Å². The minimum absolute atomic E-state index is 0.0443. The number of carbonyl (C=O) groups is 2. The molecule has 0 radical (unpaired) electrons. The Morgan fingerprint density at radius 2 is 2.04 bits per heavy atom. The monoisotopic (exact) mass is 359 g/mol. The molecular weight excluding hydrogens is 341 g/mol. The lowest BCUT2D eigenvalue weighted by molar-refractivity contribution is -0.144. The van der Waals surface area contributed by atoms with Crippen LogP contribution in [0.1, 0.15) is 27.2 Å². The topological polar surface area (TPSA) is 84.9 Å². The van der Waals surface area contributed by atoms with Crippen molar-refractivity contribution in [1.82, 2.24) is 0 Å². The van der Waals surface area contributed by atoms with Gasteiger partial charge >= 0.3 is 12.1 Å². The highest BCUT2D eigenvalue weighted by molar-refractivity contribution is 6.32. The summed E-state index contributed by atoms with van der Waals surface area (Å²) in [6, 6.07) is 2.18. The fourth-order valence-electron chi connectivity index (χ4n) is 1.71. The molecular formula is C16H19ClFNO5. The molecule has 0 saturated heterocycles. The Morgan fingerprint density at radius 1 is 1.42 bits per heavy atom. The number of carboxylic acids is 1. The van der Waals surface area contributed by atoms with Gasteiger partial charge in [0, 0.05) is 6.07 Å². The maximum Gasteiger partial charge on any atom is 0.412 e. The Bertz CT molecular complexity index is 648. The SMILES string of the molecule is C=C(CC)C(OC(=O)Nc1cc(OC(C)C)c(Cl)cc1F)C(=O)O. The van der Waals surface area contributed by atoms with Crippen LogP contribution in [-0.2, 0) is 9.53 Å². The van der Waals surface area contributed by atoms with E-state index in [0.717, 1.165) is 6.07 Å². The molecule has 8 heteroatoms. The van der Waals surface area contributed by atoms with Crippen molar-refractivity contribution in [3.63, 3.8) is 0 Å². The number of nitrogens with one attached hydrogen (secondary N) is 1. The number of aliphatic carboxylic acids is 1. The van der Waals surface area contributed by atoms with E-state index in [9.17, 15) is 14.0 Å². The summed E-state index contributed by atoms with van der Waals surface area (Å²) in [5.41, 5.74) is -0.0376. The van der Waals surface area contributed by atoms with E-state index in [1.165, 1.54) is 6.07 Å². The van der Waals surface area contributed by atoms with Gasteiger partial charge in [-0.15, -0.1) is 0 Å². The summed E-state index contributed by atoms with van der Waals surface area (Å²) in [5, 5.41) is 11.2. The van der Waals surface area contributed by atoms with Crippen LogP contribution in [0.15, 0.2) is 24.3 Å². The summed E-state index contributed by atoms with van der Waals surface area (Å²) in [7, 11) is 0. The van der Waals surface area contributed by atoms with E-state index < -0.39 is 24.0 Å². The Kier molecular flexibility index (Phi) is 7.03. The first-order valence-corrected chi connectivity index (χ1v) is 7.57. The van der Waals surface area contributed by atoms with Crippen LogP contribution in [0.4, 0.5) is 14.9 Å². The molecule has 1 amide bonds. The van der Waals surface area contributed by atoms with E-state index in [4.69, 9.17) is 26.2 Å². The molecule has 0 aromatic heterocycles. The molecule has 1 atom stereocenters. The zero-order valence-electron chi connectivity index (χ0n) is 13.6. The molecule has 0 aliphatic rings. The lowest BCUT2D eigenvalue weighted by Gasteiger charge is -2.17. The lowest BCUT2D eigenvalue weighted by atomic mass is 10.1. The number of rotatable bonds is 7. The molecule has 24 heavy (non-hydrogen) atoms. The van der Waals surface area contributed by atoms with Gasteiger partial charge in [0.15, 0.2) is 0 Å². The van der Waals surface area contributed by atoms with Crippen molar-refractivity contribution in [2.75, 3.05) is 5.32 Å². The number of hydrogen-bond donors (Lipinski definition) is 2. The smallest absolute Gasteiger partial charge is 0.412 e. The van der Waals surface area contributed by atoms with Crippen molar-refractivity contribution >= 4 is 29.4 Å². The molecule has 2 N–H and O–H groups in total. The number of amides is 1. The van der Waals surface area contributed by atoms with Gasteiger partial charge in [-0.2, -0.15) is 0 Å². The standard InChI is InChI=1S/C16H19ClFNO5/c1-5-9(4)14(15(20)21)24-16(22)19-12-7-13(23-8(2)3)10(17)6-11(12)18/h6-8,14H,4-5H2,1-3H3,(H,19,22)(H,20,21). The third-order valence-corrected chi connectivity index (χ3v) is 3.19. The van der Waals surface area contributed by atoms with Gasteiger partial charge in [0.25, 0.3) is 0 Å². The number of halogens is 2. The highest BCUT2D eigenvalue weighted by atomic mass is 35.5. The predicted octanol–water partition coefficient (Wildman–Crippen LogP) is 4.23. The molecule has 0 spiro atoms. The molecule has 1 aromatic carbocycles. The Labute approximate surface area is 144 Å². The van der Waals surface area contributed by atoms with Crippen molar-refractivity contribution in [1.29, 1.82) is 0 Å². The highest BCUT2D eigenvalue weighted by Gasteiger charge is 2.25. The van der Waals surface area contributed by atoms with E-state index in [1.54, 1.807) is 20.8 Å². The zero-order valence-corrected chi connectivity index (χ0v) is 14.3. The van der Waals surface area contributed by atoms with Gasteiger partial charge in [-0.25, -0.2) is 14.0 Å². The fourth-order valence-corrected chi connectivity index (χ4v) is 1.90. The van der Waals surface area contributed by atoms with Crippen molar-refractivity contribution in [3.05, 3.63) is 35.1 Å².